The Morgan fingerprint density at radius 3 is 2.43 bits per heavy atom. The van der Waals surface area contributed by atoms with Crippen molar-refractivity contribution in [3.05, 3.63) is 66.1 Å². The average molecular weight is 608 g/mol. The SMILES string of the molecule is CCC[C@H](N[S+]([O-])C(C)(C)C)c1cccc(-c2cc(O)c3cnn(-c4cccc(CO[Si](C)(C)C(C)(C)C)n4)c3c2)n1. The number of rotatable bonds is 10. The van der Waals surface area contributed by atoms with E-state index in [1.54, 1.807) is 16.9 Å². The minimum atomic E-state index is -1.93. The molecule has 0 aliphatic rings. The number of phenols is 1. The van der Waals surface area contributed by atoms with Gasteiger partial charge in [0.25, 0.3) is 0 Å². The highest BCUT2D eigenvalue weighted by atomic mass is 32.2. The Morgan fingerprint density at radius 1 is 1.05 bits per heavy atom. The summed E-state index contributed by atoms with van der Waals surface area (Å²) in [6.07, 6.45) is 3.38. The number of aromatic nitrogens is 4. The fourth-order valence-electron chi connectivity index (χ4n) is 4.24. The van der Waals surface area contributed by atoms with Crippen LogP contribution in [0.3, 0.4) is 0 Å². The van der Waals surface area contributed by atoms with Gasteiger partial charge >= 0.3 is 0 Å². The maximum atomic E-state index is 12.9. The molecule has 1 aromatic carbocycles. The summed E-state index contributed by atoms with van der Waals surface area (Å²) >= 11 is -1.23. The number of phenolic OH excluding ortho intramolecular Hbond substituents is 1. The Labute approximate surface area is 254 Å². The molecule has 0 fully saturated rings. The van der Waals surface area contributed by atoms with Crippen LogP contribution in [0.2, 0.25) is 18.1 Å². The monoisotopic (exact) mass is 607 g/mol. The Kier molecular flexibility index (Phi) is 9.54. The summed E-state index contributed by atoms with van der Waals surface area (Å²) in [5, 5.41) is 16.3. The van der Waals surface area contributed by atoms with E-state index in [1.165, 1.54) is 0 Å². The Balaban J connectivity index is 1.67. The number of hydrogen-bond acceptors (Lipinski definition) is 7. The quantitative estimate of drug-likeness (QED) is 0.141. The minimum absolute atomic E-state index is 0.109. The highest BCUT2D eigenvalue weighted by Gasteiger charge is 2.37. The molecule has 3 heterocycles. The van der Waals surface area contributed by atoms with Crippen LogP contribution in [0.15, 0.2) is 54.7 Å². The van der Waals surface area contributed by atoms with Gasteiger partial charge in [0, 0.05) is 16.9 Å². The molecule has 0 saturated carbocycles. The van der Waals surface area contributed by atoms with Crippen LogP contribution in [-0.2, 0) is 22.4 Å². The minimum Gasteiger partial charge on any atom is -0.598 e. The van der Waals surface area contributed by atoms with Crippen LogP contribution >= 0.6 is 0 Å². The maximum absolute atomic E-state index is 12.9. The molecular formula is C32H45N5O3SSi. The van der Waals surface area contributed by atoms with Gasteiger partial charge in [0.1, 0.15) is 10.5 Å². The van der Waals surface area contributed by atoms with Gasteiger partial charge in [0.2, 0.25) is 0 Å². The van der Waals surface area contributed by atoms with Crippen molar-refractivity contribution in [2.24, 2.45) is 0 Å². The third-order valence-corrected chi connectivity index (χ3v) is 14.0. The second-order valence-electron chi connectivity index (χ2n) is 13.3. The number of nitrogens with one attached hydrogen (secondary N) is 1. The lowest BCUT2D eigenvalue weighted by Crippen LogP contribution is -2.41. The molecule has 2 N–H and O–H groups in total. The summed E-state index contributed by atoms with van der Waals surface area (Å²) in [6, 6.07) is 15.2. The summed E-state index contributed by atoms with van der Waals surface area (Å²) in [7, 11) is -1.93. The molecule has 4 aromatic rings. The van der Waals surface area contributed by atoms with Crippen molar-refractivity contribution in [3.8, 4) is 22.8 Å². The molecule has 4 rings (SSSR count). The molecule has 0 amide bonds. The first kappa shape index (κ1) is 32.2. The molecule has 42 heavy (non-hydrogen) atoms. The number of aromatic hydroxyl groups is 1. The van der Waals surface area contributed by atoms with Crippen molar-refractivity contribution in [1.29, 1.82) is 0 Å². The molecule has 0 radical (unpaired) electrons. The van der Waals surface area contributed by atoms with Gasteiger partial charge in [-0.1, -0.05) is 46.2 Å². The summed E-state index contributed by atoms with van der Waals surface area (Å²) < 4.78 is 23.9. The highest BCUT2D eigenvalue weighted by Crippen LogP contribution is 2.37. The first-order chi connectivity index (χ1) is 19.6. The second-order valence-corrected chi connectivity index (χ2v) is 20.1. The molecular weight excluding hydrogens is 563 g/mol. The molecule has 10 heteroatoms. The Hall–Kier alpha value is -2.76. The van der Waals surface area contributed by atoms with Crippen molar-refractivity contribution in [2.75, 3.05) is 0 Å². The molecule has 226 valence electrons. The number of pyridine rings is 2. The molecule has 0 spiro atoms. The highest BCUT2D eigenvalue weighted by molar-refractivity contribution is 7.90. The fourth-order valence-corrected chi connectivity index (χ4v) is 6.04. The van der Waals surface area contributed by atoms with Crippen molar-refractivity contribution in [3.63, 3.8) is 0 Å². The van der Waals surface area contributed by atoms with Gasteiger partial charge in [-0.3, -0.25) is 4.98 Å². The lowest BCUT2D eigenvalue weighted by molar-refractivity contribution is 0.272. The summed E-state index contributed by atoms with van der Waals surface area (Å²) in [6.45, 7) is 19.5. The summed E-state index contributed by atoms with van der Waals surface area (Å²) in [5.74, 6) is 0.770. The molecule has 0 aliphatic heterocycles. The van der Waals surface area contributed by atoms with Crippen LogP contribution in [0.5, 0.6) is 5.75 Å². The average Bonchev–Trinajstić information content (AvgIpc) is 3.35. The van der Waals surface area contributed by atoms with Crippen LogP contribution in [0.1, 0.15) is 78.7 Å². The number of nitrogens with zero attached hydrogens (tertiary/aromatic N) is 4. The zero-order chi connectivity index (χ0) is 30.9. The van der Waals surface area contributed by atoms with Gasteiger partial charge in [0.05, 0.1) is 46.8 Å². The molecule has 1 unspecified atom stereocenters. The van der Waals surface area contributed by atoms with E-state index in [9.17, 15) is 9.66 Å². The van der Waals surface area contributed by atoms with Crippen LogP contribution in [0, 0.1) is 0 Å². The first-order valence-electron chi connectivity index (χ1n) is 14.6. The van der Waals surface area contributed by atoms with Crippen molar-refractivity contribution >= 4 is 30.6 Å². The normalized spacial score (nSPS) is 14.3. The van der Waals surface area contributed by atoms with Gasteiger partial charge in [-0.2, -0.15) is 5.10 Å². The van der Waals surface area contributed by atoms with Crippen molar-refractivity contribution in [1.82, 2.24) is 24.5 Å². The van der Waals surface area contributed by atoms with E-state index in [4.69, 9.17) is 14.4 Å². The van der Waals surface area contributed by atoms with E-state index in [1.807, 2.05) is 63.2 Å². The topological polar surface area (TPSA) is 108 Å². The molecule has 2 atom stereocenters. The summed E-state index contributed by atoms with van der Waals surface area (Å²) in [4.78, 5) is 9.80. The van der Waals surface area contributed by atoms with E-state index >= 15 is 0 Å². The third kappa shape index (κ3) is 7.23. The first-order valence-corrected chi connectivity index (χ1v) is 18.6. The molecule has 0 aliphatic carbocycles. The summed E-state index contributed by atoms with van der Waals surface area (Å²) in [5.41, 5.74) is 3.85. The van der Waals surface area contributed by atoms with E-state index in [0.717, 1.165) is 35.3 Å². The lowest BCUT2D eigenvalue weighted by atomic mass is 10.1. The molecule has 0 bridgehead atoms. The third-order valence-electron chi connectivity index (χ3n) is 7.87. The second kappa shape index (κ2) is 12.5. The van der Waals surface area contributed by atoms with E-state index < -0.39 is 19.7 Å². The lowest BCUT2D eigenvalue weighted by Gasteiger charge is -2.36. The fraction of sp³-hybridized carbons (Fsp3) is 0.469. The molecule has 0 saturated heterocycles. The Morgan fingerprint density at radius 2 is 1.76 bits per heavy atom. The van der Waals surface area contributed by atoms with Gasteiger partial charge < -0.3 is 14.1 Å². The van der Waals surface area contributed by atoms with Gasteiger partial charge in [-0.15, -0.1) is 4.72 Å². The Bertz CT molecular complexity index is 1530. The van der Waals surface area contributed by atoms with Crippen LogP contribution in [-0.4, -0.2) is 42.5 Å². The number of fused-ring (bicyclic) bond motifs is 1. The van der Waals surface area contributed by atoms with Gasteiger partial charge in [-0.05, 0) is 81.7 Å². The largest absolute Gasteiger partial charge is 0.598 e. The van der Waals surface area contributed by atoms with Crippen molar-refractivity contribution < 1.29 is 14.1 Å². The molecule has 8 nitrogen and oxygen atoms in total. The van der Waals surface area contributed by atoms with Crippen LogP contribution < -0.4 is 4.72 Å². The van der Waals surface area contributed by atoms with Gasteiger partial charge in [0.15, 0.2) is 14.1 Å². The molecule has 3 aromatic heterocycles. The van der Waals surface area contributed by atoms with Gasteiger partial charge in [-0.25, -0.2) is 9.67 Å². The standard InChI is InChI=1S/C32H45N5O3SSi/c1-10-13-27(36-41(39)31(2,3)4)26-16-12-15-25(35-26)22-18-28-24(29(38)19-22)20-33-37(28)30-17-11-14-23(34-30)21-40-42(8,9)32(5,6)7/h11-12,14-20,27,36,38H,10,13,21H2,1-9H3/t27-,41?/m0/s1. The van der Waals surface area contributed by atoms with E-state index in [-0.39, 0.29) is 21.6 Å². The van der Waals surface area contributed by atoms with E-state index in [0.29, 0.717) is 23.5 Å². The smallest absolute Gasteiger partial charge is 0.192 e. The van der Waals surface area contributed by atoms with Crippen LogP contribution in [0.25, 0.3) is 28.0 Å². The number of hydrogen-bond donors (Lipinski definition) is 2. The maximum Gasteiger partial charge on any atom is 0.192 e. The van der Waals surface area contributed by atoms with E-state index in [2.05, 4.69) is 50.6 Å². The zero-order valence-electron chi connectivity index (χ0n) is 26.4. The number of benzene rings is 1. The van der Waals surface area contributed by atoms with Crippen LogP contribution in [0.4, 0.5) is 0 Å². The predicted molar refractivity (Wildman–Crippen MR) is 174 cm³/mol. The predicted octanol–water partition coefficient (Wildman–Crippen LogP) is 7.60. The zero-order valence-corrected chi connectivity index (χ0v) is 28.2. The van der Waals surface area contributed by atoms with Crippen molar-refractivity contribution in [2.45, 2.75) is 96.8 Å².